The van der Waals surface area contributed by atoms with Crippen LogP contribution in [0.1, 0.15) is 6.42 Å². The lowest BCUT2D eigenvalue weighted by atomic mass is 10.1. The fraction of sp³-hybridized carbons (Fsp3) is 0.462. The van der Waals surface area contributed by atoms with Crippen LogP contribution >= 0.6 is 0 Å². The van der Waals surface area contributed by atoms with Crippen LogP contribution in [0.5, 0.6) is 0 Å². The number of hydrogen-bond acceptors (Lipinski definition) is 3. The molecule has 4 heteroatoms. The highest BCUT2D eigenvalue weighted by Crippen LogP contribution is 2.25. The molecule has 1 saturated heterocycles. The molecule has 0 radical (unpaired) electrons. The van der Waals surface area contributed by atoms with Gasteiger partial charge in [0.25, 0.3) is 0 Å². The summed E-state index contributed by atoms with van der Waals surface area (Å²) in [5.41, 5.74) is 8.00. The molecule has 4 nitrogen and oxygen atoms in total. The fourth-order valence-electron chi connectivity index (χ4n) is 2.62. The number of nitrogens with two attached hydrogens (primary N) is 1. The number of nitrogens with zero attached hydrogens (tertiary/aromatic N) is 3. The van der Waals surface area contributed by atoms with Gasteiger partial charge in [0, 0.05) is 20.1 Å². The molecule has 0 amide bonds. The summed E-state index contributed by atoms with van der Waals surface area (Å²) in [7, 11) is 2.08. The molecule has 0 aliphatic carbocycles. The molecule has 2 heterocycles. The van der Waals surface area contributed by atoms with Crippen molar-refractivity contribution in [3.8, 4) is 0 Å². The van der Waals surface area contributed by atoms with Gasteiger partial charge in [-0.2, -0.15) is 0 Å². The lowest BCUT2D eigenvalue weighted by Gasteiger charge is -2.17. The summed E-state index contributed by atoms with van der Waals surface area (Å²) in [5.74, 6) is 1.69. The van der Waals surface area contributed by atoms with Crippen LogP contribution in [0.4, 0.5) is 5.95 Å². The van der Waals surface area contributed by atoms with Crippen LogP contribution in [-0.4, -0.2) is 29.2 Å². The summed E-state index contributed by atoms with van der Waals surface area (Å²) >= 11 is 0. The Morgan fingerprint density at radius 2 is 2.24 bits per heavy atom. The minimum absolute atomic E-state index is 0.620. The van der Waals surface area contributed by atoms with E-state index < -0.39 is 0 Å². The Labute approximate surface area is 101 Å². The van der Waals surface area contributed by atoms with E-state index in [9.17, 15) is 0 Å². The van der Waals surface area contributed by atoms with Crippen LogP contribution in [0.15, 0.2) is 24.3 Å². The van der Waals surface area contributed by atoms with Gasteiger partial charge in [0.2, 0.25) is 5.95 Å². The quantitative estimate of drug-likeness (QED) is 0.847. The molecule has 1 aromatic heterocycles. The molecule has 2 N–H and O–H groups in total. The van der Waals surface area contributed by atoms with E-state index in [0.29, 0.717) is 5.92 Å². The van der Waals surface area contributed by atoms with Crippen molar-refractivity contribution in [1.29, 1.82) is 0 Å². The van der Waals surface area contributed by atoms with Gasteiger partial charge >= 0.3 is 0 Å². The smallest absolute Gasteiger partial charge is 0.206 e. The van der Waals surface area contributed by atoms with Crippen LogP contribution in [0.25, 0.3) is 11.0 Å². The Morgan fingerprint density at radius 1 is 1.41 bits per heavy atom. The van der Waals surface area contributed by atoms with Crippen LogP contribution in [0.2, 0.25) is 0 Å². The standard InChI is InChI=1S/C13H18N4/c1-16-12-5-3-2-4-11(12)15-13(16)17-7-6-10(8-14)9-17/h2-5,10H,6-9,14H2,1H3. The van der Waals surface area contributed by atoms with E-state index in [0.717, 1.165) is 31.1 Å². The highest BCUT2D eigenvalue weighted by Gasteiger charge is 2.24. The Kier molecular flexibility index (Phi) is 2.52. The zero-order valence-corrected chi connectivity index (χ0v) is 10.1. The topological polar surface area (TPSA) is 47.1 Å². The van der Waals surface area contributed by atoms with Crippen molar-refractivity contribution in [2.45, 2.75) is 6.42 Å². The van der Waals surface area contributed by atoms with E-state index >= 15 is 0 Å². The Morgan fingerprint density at radius 3 is 2.94 bits per heavy atom. The summed E-state index contributed by atoms with van der Waals surface area (Å²) in [6, 6.07) is 8.27. The van der Waals surface area contributed by atoms with Gasteiger partial charge in [-0.25, -0.2) is 4.98 Å². The summed E-state index contributed by atoms with van der Waals surface area (Å²) in [6.07, 6.45) is 1.18. The zero-order chi connectivity index (χ0) is 11.8. The van der Waals surface area contributed by atoms with Crippen molar-refractivity contribution in [3.05, 3.63) is 24.3 Å². The number of anilines is 1. The maximum atomic E-state index is 5.73. The van der Waals surface area contributed by atoms with Gasteiger partial charge in [-0.3, -0.25) is 0 Å². The van der Waals surface area contributed by atoms with E-state index in [4.69, 9.17) is 10.7 Å². The van der Waals surface area contributed by atoms with Gasteiger partial charge in [-0.1, -0.05) is 12.1 Å². The molecule has 0 spiro atoms. The molecule has 17 heavy (non-hydrogen) atoms. The number of hydrogen-bond donors (Lipinski definition) is 1. The van der Waals surface area contributed by atoms with Crippen molar-refractivity contribution in [2.24, 2.45) is 18.7 Å². The number of aryl methyl sites for hydroxylation is 1. The first-order valence-corrected chi connectivity index (χ1v) is 6.16. The molecule has 1 aliphatic rings. The van der Waals surface area contributed by atoms with Gasteiger partial charge in [0.05, 0.1) is 11.0 Å². The lowest BCUT2D eigenvalue weighted by molar-refractivity contribution is 0.601. The third kappa shape index (κ3) is 1.69. The van der Waals surface area contributed by atoms with Crippen molar-refractivity contribution in [1.82, 2.24) is 9.55 Å². The minimum atomic E-state index is 0.620. The normalized spacial score (nSPS) is 20.4. The second-order valence-electron chi connectivity index (χ2n) is 4.80. The van der Waals surface area contributed by atoms with Crippen molar-refractivity contribution in [3.63, 3.8) is 0 Å². The number of para-hydroxylation sites is 2. The number of rotatable bonds is 2. The first kappa shape index (κ1) is 10.6. The molecular formula is C13H18N4. The van der Waals surface area contributed by atoms with Gasteiger partial charge in [-0.15, -0.1) is 0 Å². The second kappa shape index (κ2) is 4.04. The molecule has 90 valence electrons. The molecule has 1 fully saturated rings. The maximum absolute atomic E-state index is 5.73. The number of aromatic nitrogens is 2. The molecule has 0 saturated carbocycles. The molecule has 1 atom stereocenters. The Hall–Kier alpha value is -1.55. The van der Waals surface area contributed by atoms with Crippen LogP contribution < -0.4 is 10.6 Å². The predicted molar refractivity (Wildman–Crippen MR) is 70.1 cm³/mol. The second-order valence-corrected chi connectivity index (χ2v) is 4.80. The van der Waals surface area contributed by atoms with E-state index in [1.807, 2.05) is 6.07 Å². The first-order chi connectivity index (χ1) is 8.29. The summed E-state index contributed by atoms with van der Waals surface area (Å²) in [6.45, 7) is 2.88. The van der Waals surface area contributed by atoms with Gasteiger partial charge in [0.1, 0.15) is 0 Å². The highest BCUT2D eigenvalue weighted by molar-refractivity contribution is 5.78. The van der Waals surface area contributed by atoms with Gasteiger partial charge in [0.15, 0.2) is 0 Å². The van der Waals surface area contributed by atoms with E-state index in [2.05, 4.69) is 34.7 Å². The van der Waals surface area contributed by atoms with E-state index in [1.165, 1.54) is 11.9 Å². The SMILES string of the molecule is Cn1c(N2CCC(CN)C2)nc2ccccc21. The van der Waals surface area contributed by atoms with Crippen LogP contribution in [0.3, 0.4) is 0 Å². The largest absolute Gasteiger partial charge is 0.342 e. The van der Waals surface area contributed by atoms with Gasteiger partial charge in [-0.05, 0) is 31.0 Å². The molecule has 3 rings (SSSR count). The third-order valence-corrected chi connectivity index (χ3v) is 3.67. The van der Waals surface area contributed by atoms with Crippen molar-refractivity contribution >= 4 is 17.0 Å². The van der Waals surface area contributed by atoms with E-state index in [-0.39, 0.29) is 0 Å². The maximum Gasteiger partial charge on any atom is 0.206 e. The predicted octanol–water partition coefficient (Wildman–Crippen LogP) is 1.36. The first-order valence-electron chi connectivity index (χ1n) is 6.16. The fourth-order valence-corrected chi connectivity index (χ4v) is 2.62. The van der Waals surface area contributed by atoms with E-state index in [1.54, 1.807) is 0 Å². The molecule has 1 unspecified atom stereocenters. The third-order valence-electron chi connectivity index (χ3n) is 3.67. The Bertz CT molecular complexity index is 531. The average Bonchev–Trinajstić information content (AvgIpc) is 2.95. The number of benzene rings is 1. The lowest BCUT2D eigenvalue weighted by Crippen LogP contribution is -2.24. The molecular weight excluding hydrogens is 212 g/mol. The molecule has 2 aromatic rings. The summed E-state index contributed by atoms with van der Waals surface area (Å²) in [4.78, 5) is 7.06. The molecule has 1 aliphatic heterocycles. The molecule has 1 aromatic carbocycles. The summed E-state index contributed by atoms with van der Waals surface area (Å²) in [5, 5.41) is 0. The van der Waals surface area contributed by atoms with Crippen molar-refractivity contribution < 1.29 is 0 Å². The molecule has 0 bridgehead atoms. The van der Waals surface area contributed by atoms with Crippen molar-refractivity contribution in [2.75, 3.05) is 24.5 Å². The zero-order valence-electron chi connectivity index (χ0n) is 10.1. The minimum Gasteiger partial charge on any atom is -0.342 e. The monoisotopic (exact) mass is 230 g/mol. The average molecular weight is 230 g/mol. The van der Waals surface area contributed by atoms with Crippen LogP contribution in [-0.2, 0) is 7.05 Å². The number of imidazole rings is 1. The highest BCUT2D eigenvalue weighted by atomic mass is 15.3. The summed E-state index contributed by atoms with van der Waals surface area (Å²) < 4.78 is 2.17. The van der Waals surface area contributed by atoms with Crippen LogP contribution in [0, 0.1) is 5.92 Å². The number of fused-ring (bicyclic) bond motifs is 1. The van der Waals surface area contributed by atoms with Gasteiger partial charge < -0.3 is 15.2 Å². The Balaban J connectivity index is 1.98.